The molecule has 0 saturated heterocycles. The number of halogens is 1. The van der Waals surface area contributed by atoms with E-state index in [0.29, 0.717) is 5.56 Å². The molecule has 0 bridgehead atoms. The third kappa shape index (κ3) is 3.42. The summed E-state index contributed by atoms with van der Waals surface area (Å²) in [7, 11) is 0. The second kappa shape index (κ2) is 5.84. The molecule has 0 N–H and O–H groups in total. The summed E-state index contributed by atoms with van der Waals surface area (Å²) in [6, 6.07) is 9.47. The Morgan fingerprint density at radius 1 is 1.11 bits per heavy atom. The summed E-state index contributed by atoms with van der Waals surface area (Å²) in [6.45, 7) is 8.97. The molecule has 3 heteroatoms. The van der Waals surface area contributed by atoms with Gasteiger partial charge in [0.1, 0.15) is 11.9 Å². The molecular formula is C16H22ClNO. The first-order valence-electron chi connectivity index (χ1n) is 6.40. The maximum atomic E-state index is 8.74. The highest BCUT2D eigenvalue weighted by atomic mass is 35.5. The van der Waals surface area contributed by atoms with E-state index >= 15 is 0 Å². The van der Waals surface area contributed by atoms with Gasteiger partial charge in [-0.15, -0.1) is 11.6 Å². The van der Waals surface area contributed by atoms with Crippen LogP contribution in [0.1, 0.15) is 39.7 Å². The number of nitrogens with zero attached hydrogens (tertiary/aromatic N) is 1. The molecule has 104 valence electrons. The van der Waals surface area contributed by atoms with E-state index in [0.717, 1.165) is 5.75 Å². The summed E-state index contributed by atoms with van der Waals surface area (Å²) < 4.78 is 6.07. The Morgan fingerprint density at radius 2 is 1.58 bits per heavy atom. The van der Waals surface area contributed by atoms with Gasteiger partial charge >= 0.3 is 0 Å². The molecule has 2 rings (SSSR count). The van der Waals surface area contributed by atoms with Crippen LogP contribution in [0.25, 0.3) is 0 Å². The van der Waals surface area contributed by atoms with Crippen LogP contribution in [0.5, 0.6) is 5.75 Å². The van der Waals surface area contributed by atoms with Crippen LogP contribution >= 0.6 is 11.6 Å². The van der Waals surface area contributed by atoms with Crippen LogP contribution in [0.4, 0.5) is 0 Å². The van der Waals surface area contributed by atoms with E-state index in [4.69, 9.17) is 10.00 Å². The quantitative estimate of drug-likeness (QED) is 0.740. The molecule has 1 aromatic carbocycles. The molecule has 19 heavy (non-hydrogen) atoms. The summed E-state index contributed by atoms with van der Waals surface area (Å²) in [5, 5.41) is 8.74. The largest absolute Gasteiger partial charge is 0.489 e. The average molecular weight is 280 g/mol. The van der Waals surface area contributed by atoms with E-state index in [-0.39, 0.29) is 16.9 Å². The maximum absolute atomic E-state index is 8.74. The zero-order chi connectivity index (χ0) is 14.7. The van der Waals surface area contributed by atoms with Crippen LogP contribution in [0.15, 0.2) is 24.3 Å². The van der Waals surface area contributed by atoms with Crippen molar-refractivity contribution >= 4 is 11.6 Å². The van der Waals surface area contributed by atoms with Crippen LogP contribution in [-0.2, 0) is 0 Å². The summed E-state index contributed by atoms with van der Waals surface area (Å²) in [4.78, 5) is 0. The third-order valence-corrected chi connectivity index (χ3v) is 3.57. The van der Waals surface area contributed by atoms with Gasteiger partial charge in [0.25, 0.3) is 0 Å². The predicted molar refractivity (Wildman–Crippen MR) is 79.5 cm³/mol. The van der Waals surface area contributed by atoms with Crippen LogP contribution in [-0.4, -0.2) is 12.5 Å². The lowest BCUT2D eigenvalue weighted by Gasteiger charge is -2.56. The molecule has 0 aromatic heterocycles. The van der Waals surface area contributed by atoms with Crippen molar-refractivity contribution in [2.45, 2.75) is 40.2 Å². The Balaban J connectivity index is 0.000000861. The van der Waals surface area contributed by atoms with Gasteiger partial charge in [0.05, 0.1) is 11.6 Å². The zero-order valence-electron chi connectivity index (χ0n) is 12.3. The fourth-order valence-corrected chi connectivity index (χ4v) is 3.35. The Bertz CT molecular complexity index is 443. The second-order valence-corrected chi connectivity index (χ2v) is 6.29. The van der Waals surface area contributed by atoms with Crippen LogP contribution in [0, 0.1) is 22.2 Å². The number of ether oxygens (including phenoxy) is 1. The molecule has 0 heterocycles. The Labute approximate surface area is 121 Å². The van der Waals surface area contributed by atoms with Crippen LogP contribution < -0.4 is 4.74 Å². The molecule has 0 spiro atoms. The Morgan fingerprint density at radius 3 is 1.95 bits per heavy atom. The lowest BCUT2D eigenvalue weighted by atomic mass is 9.53. The molecule has 1 fully saturated rings. The second-order valence-electron chi connectivity index (χ2n) is 6.29. The van der Waals surface area contributed by atoms with Gasteiger partial charge in [-0.1, -0.05) is 27.7 Å². The monoisotopic (exact) mass is 279 g/mol. The fraction of sp³-hybridized carbons (Fsp3) is 0.562. The van der Waals surface area contributed by atoms with E-state index < -0.39 is 0 Å². The summed E-state index contributed by atoms with van der Waals surface area (Å²) in [5.74, 6) is 0.856. The van der Waals surface area contributed by atoms with E-state index in [1.54, 1.807) is 12.1 Å². The van der Waals surface area contributed by atoms with Crippen LogP contribution in [0.2, 0.25) is 0 Å². The zero-order valence-corrected chi connectivity index (χ0v) is 13.1. The Kier molecular flexibility index (Phi) is 4.87. The van der Waals surface area contributed by atoms with Gasteiger partial charge in [-0.3, -0.25) is 0 Å². The molecule has 0 atom stereocenters. The van der Waals surface area contributed by atoms with Crippen LogP contribution in [0.3, 0.4) is 0 Å². The van der Waals surface area contributed by atoms with Crippen molar-refractivity contribution in [3.05, 3.63) is 29.8 Å². The molecule has 1 aliphatic rings. The number of alkyl halides is 1. The van der Waals surface area contributed by atoms with Crippen molar-refractivity contribution in [3.63, 3.8) is 0 Å². The molecule has 2 nitrogen and oxygen atoms in total. The Hall–Kier alpha value is -1.20. The number of nitriles is 1. The number of hydrogen-bond acceptors (Lipinski definition) is 2. The van der Waals surface area contributed by atoms with Gasteiger partial charge in [0, 0.05) is 17.2 Å². The van der Waals surface area contributed by atoms with Crippen molar-refractivity contribution < 1.29 is 4.74 Å². The number of hydrogen-bond donors (Lipinski definition) is 0. The summed E-state index contributed by atoms with van der Waals surface area (Å²) >= 11 is 4.64. The first-order valence-corrected chi connectivity index (χ1v) is 7.15. The normalized spacial score (nSPS) is 19.4. The molecule has 1 saturated carbocycles. The molecule has 1 aromatic rings. The minimum absolute atomic E-state index is 0.234. The summed E-state index contributed by atoms with van der Waals surface area (Å²) in [5.41, 5.74) is 1.14. The topological polar surface area (TPSA) is 33.0 Å². The van der Waals surface area contributed by atoms with Gasteiger partial charge < -0.3 is 4.74 Å². The summed E-state index contributed by atoms with van der Waals surface area (Å²) in [6.07, 6.45) is 2.89. The maximum Gasteiger partial charge on any atom is 0.119 e. The van der Waals surface area contributed by atoms with Gasteiger partial charge in [-0.2, -0.15) is 5.26 Å². The highest BCUT2D eigenvalue weighted by Crippen LogP contribution is 2.55. The van der Waals surface area contributed by atoms with E-state index in [1.807, 2.05) is 12.1 Å². The van der Waals surface area contributed by atoms with E-state index in [1.165, 1.54) is 12.8 Å². The van der Waals surface area contributed by atoms with E-state index in [9.17, 15) is 0 Å². The first kappa shape index (κ1) is 15.9. The fourth-order valence-electron chi connectivity index (χ4n) is 3.35. The van der Waals surface area contributed by atoms with E-state index in [2.05, 4.69) is 45.4 Å². The van der Waals surface area contributed by atoms with Crippen molar-refractivity contribution in [1.29, 1.82) is 5.26 Å². The van der Waals surface area contributed by atoms with Gasteiger partial charge in [-0.05, 0) is 30.7 Å². The molecular weight excluding hydrogens is 258 g/mol. The smallest absolute Gasteiger partial charge is 0.119 e. The molecule has 0 aliphatic heterocycles. The highest BCUT2D eigenvalue weighted by Gasteiger charge is 2.54. The number of benzene rings is 1. The molecule has 0 unspecified atom stereocenters. The predicted octanol–water partition coefficient (Wildman–Crippen LogP) is 4.62. The molecule has 0 amide bonds. The highest BCUT2D eigenvalue weighted by molar-refractivity contribution is 6.15. The minimum Gasteiger partial charge on any atom is -0.489 e. The van der Waals surface area contributed by atoms with Crippen molar-refractivity contribution in [2.24, 2.45) is 10.8 Å². The molecule has 1 aliphatic carbocycles. The van der Waals surface area contributed by atoms with Crippen molar-refractivity contribution in [1.82, 2.24) is 0 Å². The number of rotatable bonds is 2. The lowest BCUT2D eigenvalue weighted by molar-refractivity contribution is -0.133. The SMILES string of the molecule is CC1(C)CC(C)(C)C1Oc1ccc(C#N)cc1.CCl. The standard InChI is InChI=1S/C15H19NO.CH3Cl/c1-14(2)10-15(3,4)13(14)17-12-7-5-11(9-16)6-8-12;1-2/h5-8,13H,10H2,1-4H3;1H3. The van der Waals surface area contributed by atoms with Crippen molar-refractivity contribution in [3.8, 4) is 11.8 Å². The molecule has 0 radical (unpaired) electrons. The van der Waals surface area contributed by atoms with Gasteiger partial charge in [0.15, 0.2) is 0 Å². The first-order chi connectivity index (χ1) is 8.85. The van der Waals surface area contributed by atoms with Gasteiger partial charge in [-0.25, -0.2) is 0 Å². The lowest BCUT2D eigenvalue weighted by Crippen LogP contribution is -2.58. The van der Waals surface area contributed by atoms with Crippen molar-refractivity contribution in [2.75, 3.05) is 6.38 Å². The van der Waals surface area contributed by atoms with Gasteiger partial charge in [0.2, 0.25) is 0 Å². The third-order valence-electron chi connectivity index (χ3n) is 3.57. The minimum atomic E-state index is 0.234. The average Bonchev–Trinajstić information content (AvgIpc) is 2.37.